The van der Waals surface area contributed by atoms with E-state index in [1.54, 1.807) is 0 Å². The molecule has 0 aliphatic carbocycles. The number of aryl methyl sites for hydroxylation is 1. The zero-order chi connectivity index (χ0) is 14.8. The summed E-state index contributed by atoms with van der Waals surface area (Å²) in [6.07, 6.45) is -0.00148. The first-order chi connectivity index (χ1) is 9.43. The number of hydrogen-bond acceptors (Lipinski definition) is 6. The number of nitrogens with zero attached hydrogens (tertiary/aromatic N) is 3. The van der Waals surface area contributed by atoms with Gasteiger partial charge in [0, 0.05) is 31.4 Å². The van der Waals surface area contributed by atoms with Crippen molar-refractivity contribution in [2.45, 2.75) is 39.4 Å². The van der Waals surface area contributed by atoms with Crippen LogP contribution in [0.25, 0.3) is 0 Å². The minimum atomic E-state index is -0.263. The lowest BCUT2D eigenvalue weighted by Crippen LogP contribution is -2.55. The number of morpholine rings is 1. The van der Waals surface area contributed by atoms with Crippen LogP contribution in [0, 0.1) is 6.92 Å². The Kier molecular flexibility index (Phi) is 4.45. The largest absolute Gasteiger partial charge is 0.478 e. The molecule has 1 fully saturated rings. The lowest BCUT2D eigenvalue weighted by molar-refractivity contribution is -0.0792. The molecule has 1 atom stereocenters. The van der Waals surface area contributed by atoms with Crippen LogP contribution in [0.3, 0.4) is 0 Å². The van der Waals surface area contributed by atoms with Crippen LogP contribution < -0.4 is 15.4 Å². The Balaban J connectivity index is 2.25. The molecule has 1 aromatic rings. The fourth-order valence-electron chi connectivity index (χ4n) is 2.46. The predicted octanol–water partition coefficient (Wildman–Crippen LogP) is 1.13. The van der Waals surface area contributed by atoms with Crippen LogP contribution >= 0.6 is 0 Å². The minimum Gasteiger partial charge on any atom is -0.478 e. The monoisotopic (exact) mass is 280 g/mol. The number of aromatic nitrogens is 2. The molecule has 112 valence electrons. The third-order valence-corrected chi connectivity index (χ3v) is 3.14. The van der Waals surface area contributed by atoms with Crippen LogP contribution in [0.2, 0.25) is 0 Å². The summed E-state index contributed by atoms with van der Waals surface area (Å²) in [6.45, 7) is 10.5. The molecule has 1 aliphatic heterocycles. The zero-order valence-corrected chi connectivity index (χ0v) is 12.7. The second-order valence-corrected chi connectivity index (χ2v) is 5.70. The fourth-order valence-corrected chi connectivity index (χ4v) is 2.46. The first kappa shape index (κ1) is 15.0. The molecule has 0 saturated carbocycles. The van der Waals surface area contributed by atoms with E-state index in [1.165, 1.54) is 0 Å². The minimum absolute atomic E-state index is 0.00148. The molecule has 2 N–H and O–H groups in total. The molecule has 0 radical (unpaired) electrons. The van der Waals surface area contributed by atoms with Gasteiger partial charge in [-0.1, -0.05) is 0 Å². The van der Waals surface area contributed by atoms with Gasteiger partial charge in [0.1, 0.15) is 0 Å². The van der Waals surface area contributed by atoms with E-state index in [9.17, 15) is 0 Å². The highest BCUT2D eigenvalue weighted by Gasteiger charge is 2.34. The SMILES string of the molecule is CCOc1cc(C)nc(N2CC(CN)OC(C)(C)C2)n1. The molecule has 0 amide bonds. The van der Waals surface area contributed by atoms with E-state index < -0.39 is 0 Å². The molecule has 1 unspecified atom stereocenters. The Morgan fingerprint density at radius 1 is 1.50 bits per heavy atom. The number of rotatable bonds is 4. The molecule has 2 heterocycles. The van der Waals surface area contributed by atoms with Crippen LogP contribution in [0.1, 0.15) is 26.5 Å². The Morgan fingerprint density at radius 3 is 2.90 bits per heavy atom. The standard InChI is InChI=1S/C14H24N4O2/c1-5-19-12-6-10(2)16-13(17-12)18-8-11(7-15)20-14(3,4)9-18/h6,11H,5,7-9,15H2,1-4H3. The summed E-state index contributed by atoms with van der Waals surface area (Å²) >= 11 is 0. The van der Waals surface area contributed by atoms with Crippen molar-refractivity contribution in [2.75, 3.05) is 31.1 Å². The van der Waals surface area contributed by atoms with Gasteiger partial charge in [-0.15, -0.1) is 0 Å². The van der Waals surface area contributed by atoms with Crippen molar-refractivity contribution in [3.05, 3.63) is 11.8 Å². The summed E-state index contributed by atoms with van der Waals surface area (Å²) in [5.74, 6) is 1.30. The summed E-state index contributed by atoms with van der Waals surface area (Å²) < 4.78 is 11.4. The van der Waals surface area contributed by atoms with Gasteiger partial charge in [-0.2, -0.15) is 4.98 Å². The molecule has 20 heavy (non-hydrogen) atoms. The molecule has 0 bridgehead atoms. The van der Waals surface area contributed by atoms with E-state index in [-0.39, 0.29) is 11.7 Å². The van der Waals surface area contributed by atoms with Crippen molar-refractivity contribution in [3.63, 3.8) is 0 Å². The molecule has 1 saturated heterocycles. The molecule has 0 aromatic carbocycles. The molecular weight excluding hydrogens is 256 g/mol. The molecule has 6 heteroatoms. The van der Waals surface area contributed by atoms with Gasteiger partial charge in [-0.3, -0.25) is 0 Å². The van der Waals surface area contributed by atoms with E-state index in [1.807, 2.05) is 19.9 Å². The lowest BCUT2D eigenvalue weighted by atomic mass is 10.1. The maximum atomic E-state index is 5.93. The van der Waals surface area contributed by atoms with Gasteiger partial charge >= 0.3 is 0 Å². The normalized spacial score (nSPS) is 21.9. The highest BCUT2D eigenvalue weighted by Crippen LogP contribution is 2.25. The van der Waals surface area contributed by atoms with Gasteiger partial charge in [0.25, 0.3) is 0 Å². The van der Waals surface area contributed by atoms with Crippen molar-refractivity contribution >= 4 is 5.95 Å². The van der Waals surface area contributed by atoms with Crippen molar-refractivity contribution in [3.8, 4) is 5.88 Å². The number of hydrogen-bond donors (Lipinski definition) is 1. The first-order valence-corrected chi connectivity index (χ1v) is 7.05. The topological polar surface area (TPSA) is 73.5 Å². The average Bonchev–Trinajstić information content (AvgIpc) is 2.36. The van der Waals surface area contributed by atoms with Crippen LogP contribution in [-0.4, -0.2) is 47.9 Å². The smallest absolute Gasteiger partial charge is 0.229 e. The van der Waals surface area contributed by atoms with E-state index in [2.05, 4.69) is 28.7 Å². The second kappa shape index (κ2) is 5.93. The fraction of sp³-hybridized carbons (Fsp3) is 0.714. The number of anilines is 1. The summed E-state index contributed by atoms with van der Waals surface area (Å²) in [4.78, 5) is 11.1. The Bertz CT molecular complexity index is 464. The van der Waals surface area contributed by atoms with Crippen LogP contribution in [0.4, 0.5) is 5.95 Å². The van der Waals surface area contributed by atoms with Crippen LogP contribution in [0.5, 0.6) is 5.88 Å². The van der Waals surface area contributed by atoms with Gasteiger partial charge in [-0.25, -0.2) is 4.98 Å². The summed E-state index contributed by atoms with van der Waals surface area (Å²) in [5, 5.41) is 0. The van der Waals surface area contributed by atoms with Gasteiger partial charge < -0.3 is 20.1 Å². The summed E-state index contributed by atoms with van der Waals surface area (Å²) in [5.41, 5.74) is 6.39. The quantitative estimate of drug-likeness (QED) is 0.891. The molecular formula is C14H24N4O2. The molecule has 1 aromatic heterocycles. The van der Waals surface area contributed by atoms with E-state index in [4.69, 9.17) is 15.2 Å². The maximum Gasteiger partial charge on any atom is 0.229 e. The third kappa shape index (κ3) is 3.58. The Morgan fingerprint density at radius 2 is 2.25 bits per heavy atom. The van der Waals surface area contributed by atoms with Crippen LogP contribution in [-0.2, 0) is 4.74 Å². The maximum absolute atomic E-state index is 5.93. The van der Waals surface area contributed by atoms with Gasteiger partial charge in [0.2, 0.25) is 11.8 Å². The predicted molar refractivity (Wildman–Crippen MR) is 78.2 cm³/mol. The van der Waals surface area contributed by atoms with Gasteiger partial charge in [-0.05, 0) is 27.7 Å². The summed E-state index contributed by atoms with van der Waals surface area (Å²) in [7, 11) is 0. The second-order valence-electron chi connectivity index (χ2n) is 5.70. The molecule has 0 spiro atoms. The number of nitrogens with two attached hydrogens (primary N) is 1. The van der Waals surface area contributed by atoms with Crippen molar-refractivity contribution in [1.82, 2.24) is 9.97 Å². The van der Waals surface area contributed by atoms with Gasteiger partial charge in [0.15, 0.2) is 0 Å². The Labute approximate surface area is 120 Å². The van der Waals surface area contributed by atoms with E-state index in [0.29, 0.717) is 31.5 Å². The summed E-state index contributed by atoms with van der Waals surface area (Å²) in [6, 6.07) is 1.85. The first-order valence-electron chi connectivity index (χ1n) is 7.05. The Hall–Kier alpha value is -1.40. The lowest BCUT2D eigenvalue weighted by Gasteiger charge is -2.42. The van der Waals surface area contributed by atoms with Crippen molar-refractivity contribution in [2.24, 2.45) is 5.73 Å². The van der Waals surface area contributed by atoms with Crippen molar-refractivity contribution < 1.29 is 9.47 Å². The molecule has 6 nitrogen and oxygen atoms in total. The van der Waals surface area contributed by atoms with E-state index >= 15 is 0 Å². The third-order valence-electron chi connectivity index (χ3n) is 3.14. The highest BCUT2D eigenvalue weighted by molar-refractivity contribution is 5.36. The van der Waals surface area contributed by atoms with Gasteiger partial charge in [0.05, 0.1) is 18.3 Å². The molecule has 2 rings (SSSR count). The highest BCUT2D eigenvalue weighted by atomic mass is 16.5. The molecule has 1 aliphatic rings. The van der Waals surface area contributed by atoms with Crippen molar-refractivity contribution in [1.29, 1.82) is 0 Å². The number of ether oxygens (including phenoxy) is 2. The zero-order valence-electron chi connectivity index (χ0n) is 12.7. The van der Waals surface area contributed by atoms with Crippen LogP contribution in [0.15, 0.2) is 6.07 Å². The van der Waals surface area contributed by atoms with E-state index in [0.717, 1.165) is 12.2 Å². The average molecular weight is 280 g/mol.